The van der Waals surface area contributed by atoms with Gasteiger partial charge in [0.25, 0.3) is 0 Å². The number of amides is 1. The lowest BCUT2D eigenvalue weighted by Gasteiger charge is -2.06. The summed E-state index contributed by atoms with van der Waals surface area (Å²) >= 11 is 1.07. The standard InChI is InChI=1S/C15H14N4O3S/c1-9-17-10-5-3-4-6-11(10)19(9)8-13(20)18-15-16-7-12(23-15)14(21)22-2/h3-7H,8H2,1-2H3,(H,16,18,20). The molecule has 0 unspecified atom stereocenters. The average molecular weight is 330 g/mol. The van der Waals surface area contributed by atoms with Gasteiger partial charge in [-0.1, -0.05) is 23.5 Å². The predicted octanol–water partition coefficient (Wildman–Crippen LogP) is 2.23. The maximum Gasteiger partial charge on any atom is 0.349 e. The predicted molar refractivity (Wildman–Crippen MR) is 86.6 cm³/mol. The summed E-state index contributed by atoms with van der Waals surface area (Å²) in [5.74, 6) is 0.0530. The van der Waals surface area contributed by atoms with Crippen LogP contribution in [0.2, 0.25) is 0 Å². The smallest absolute Gasteiger partial charge is 0.349 e. The van der Waals surface area contributed by atoms with Crippen LogP contribution in [0.3, 0.4) is 0 Å². The number of carbonyl (C=O) groups excluding carboxylic acids is 2. The minimum absolute atomic E-state index is 0.124. The Morgan fingerprint density at radius 1 is 1.35 bits per heavy atom. The summed E-state index contributed by atoms with van der Waals surface area (Å²) in [6, 6.07) is 7.63. The van der Waals surface area contributed by atoms with Gasteiger partial charge < -0.3 is 14.6 Å². The largest absolute Gasteiger partial charge is 0.465 e. The van der Waals surface area contributed by atoms with Crippen LogP contribution in [0.4, 0.5) is 5.13 Å². The number of thiazole rings is 1. The molecule has 2 heterocycles. The van der Waals surface area contributed by atoms with E-state index in [4.69, 9.17) is 0 Å². The lowest BCUT2D eigenvalue weighted by atomic mass is 10.3. The van der Waals surface area contributed by atoms with E-state index in [9.17, 15) is 9.59 Å². The van der Waals surface area contributed by atoms with E-state index in [1.807, 2.05) is 35.8 Å². The van der Waals surface area contributed by atoms with Gasteiger partial charge in [-0.05, 0) is 19.1 Å². The number of benzene rings is 1. The molecule has 2 aromatic heterocycles. The number of imidazole rings is 1. The first kappa shape index (κ1) is 15.2. The van der Waals surface area contributed by atoms with Gasteiger partial charge in [0, 0.05) is 0 Å². The van der Waals surface area contributed by atoms with Gasteiger partial charge in [0.1, 0.15) is 17.2 Å². The molecule has 3 aromatic rings. The maximum atomic E-state index is 12.2. The topological polar surface area (TPSA) is 86.1 Å². The molecule has 0 atom stereocenters. The highest BCUT2D eigenvalue weighted by molar-refractivity contribution is 7.17. The number of methoxy groups -OCH3 is 1. The molecule has 0 aliphatic carbocycles. The van der Waals surface area contributed by atoms with Gasteiger partial charge in [-0.25, -0.2) is 14.8 Å². The van der Waals surface area contributed by atoms with Gasteiger partial charge >= 0.3 is 5.97 Å². The number of nitrogens with one attached hydrogen (secondary N) is 1. The fourth-order valence-electron chi connectivity index (χ4n) is 2.22. The molecular formula is C15H14N4O3S. The summed E-state index contributed by atoms with van der Waals surface area (Å²) in [6.45, 7) is 1.98. The van der Waals surface area contributed by atoms with Crippen molar-refractivity contribution in [3.63, 3.8) is 0 Å². The molecule has 0 spiro atoms. The van der Waals surface area contributed by atoms with Crippen molar-refractivity contribution < 1.29 is 14.3 Å². The molecule has 1 amide bonds. The monoisotopic (exact) mass is 330 g/mol. The molecule has 23 heavy (non-hydrogen) atoms. The molecule has 8 heteroatoms. The molecule has 0 aliphatic rings. The van der Waals surface area contributed by atoms with Crippen LogP contribution in [0.15, 0.2) is 30.5 Å². The molecule has 0 radical (unpaired) electrons. The number of aryl methyl sites for hydroxylation is 1. The Balaban J connectivity index is 1.75. The van der Waals surface area contributed by atoms with Crippen LogP contribution in [0, 0.1) is 6.92 Å². The van der Waals surface area contributed by atoms with Crippen LogP contribution in [-0.2, 0) is 16.1 Å². The number of ether oxygens (including phenoxy) is 1. The highest BCUT2D eigenvalue weighted by atomic mass is 32.1. The number of nitrogens with zero attached hydrogens (tertiary/aromatic N) is 3. The zero-order valence-corrected chi connectivity index (χ0v) is 13.4. The molecule has 3 rings (SSSR count). The Labute approximate surface area is 135 Å². The number of anilines is 1. The Morgan fingerprint density at radius 2 is 2.13 bits per heavy atom. The number of fused-ring (bicyclic) bond motifs is 1. The summed E-state index contributed by atoms with van der Waals surface area (Å²) in [4.78, 5) is 32.4. The molecule has 0 saturated carbocycles. The van der Waals surface area contributed by atoms with E-state index < -0.39 is 5.97 Å². The number of aromatic nitrogens is 3. The summed E-state index contributed by atoms with van der Waals surface area (Å²) in [6.07, 6.45) is 1.38. The van der Waals surface area contributed by atoms with E-state index in [0.29, 0.717) is 10.0 Å². The van der Waals surface area contributed by atoms with Gasteiger partial charge in [-0.3, -0.25) is 4.79 Å². The molecule has 0 aliphatic heterocycles. The molecular weight excluding hydrogens is 316 g/mol. The van der Waals surface area contributed by atoms with Crippen molar-refractivity contribution in [2.24, 2.45) is 0 Å². The quantitative estimate of drug-likeness (QED) is 0.741. The third-order valence-electron chi connectivity index (χ3n) is 3.29. The van der Waals surface area contributed by atoms with Crippen molar-refractivity contribution in [2.75, 3.05) is 12.4 Å². The number of esters is 1. The van der Waals surface area contributed by atoms with E-state index >= 15 is 0 Å². The zero-order valence-electron chi connectivity index (χ0n) is 12.6. The number of hydrogen-bond acceptors (Lipinski definition) is 6. The van der Waals surface area contributed by atoms with Crippen LogP contribution in [0.5, 0.6) is 0 Å². The minimum Gasteiger partial charge on any atom is -0.465 e. The lowest BCUT2D eigenvalue weighted by molar-refractivity contribution is -0.116. The lowest BCUT2D eigenvalue weighted by Crippen LogP contribution is -2.19. The minimum atomic E-state index is -0.473. The molecule has 7 nitrogen and oxygen atoms in total. The normalized spacial score (nSPS) is 10.7. The van der Waals surface area contributed by atoms with E-state index in [2.05, 4.69) is 20.0 Å². The third-order valence-corrected chi connectivity index (χ3v) is 4.18. The first-order chi connectivity index (χ1) is 11.1. The highest BCUT2D eigenvalue weighted by Crippen LogP contribution is 2.19. The van der Waals surface area contributed by atoms with Crippen LogP contribution < -0.4 is 5.32 Å². The highest BCUT2D eigenvalue weighted by Gasteiger charge is 2.14. The molecule has 1 aromatic carbocycles. The van der Waals surface area contributed by atoms with E-state index in [1.54, 1.807) is 0 Å². The molecule has 0 fully saturated rings. The average Bonchev–Trinajstić information content (AvgIpc) is 3.12. The van der Waals surface area contributed by atoms with E-state index in [-0.39, 0.29) is 12.5 Å². The van der Waals surface area contributed by atoms with Crippen LogP contribution in [-0.4, -0.2) is 33.5 Å². The summed E-state index contributed by atoms with van der Waals surface area (Å²) in [7, 11) is 1.30. The van der Waals surface area contributed by atoms with Crippen molar-refractivity contribution in [3.8, 4) is 0 Å². The van der Waals surface area contributed by atoms with Gasteiger partial charge in [0.2, 0.25) is 5.91 Å². The van der Waals surface area contributed by atoms with Crippen molar-refractivity contribution in [1.82, 2.24) is 14.5 Å². The molecule has 0 bridgehead atoms. The van der Waals surface area contributed by atoms with Crippen molar-refractivity contribution in [2.45, 2.75) is 13.5 Å². The SMILES string of the molecule is COC(=O)c1cnc(NC(=O)Cn2c(C)nc3ccccc32)s1. The van der Waals surface area contributed by atoms with Gasteiger partial charge in [0.05, 0.1) is 24.3 Å². The van der Waals surface area contributed by atoms with Gasteiger partial charge in [0.15, 0.2) is 5.13 Å². The Hall–Kier alpha value is -2.74. The maximum absolute atomic E-state index is 12.2. The second kappa shape index (κ2) is 6.17. The summed E-state index contributed by atoms with van der Waals surface area (Å²) in [5, 5.41) is 3.04. The first-order valence-electron chi connectivity index (χ1n) is 6.84. The fourth-order valence-corrected chi connectivity index (χ4v) is 2.98. The van der Waals surface area contributed by atoms with Gasteiger partial charge in [-0.2, -0.15) is 0 Å². The summed E-state index contributed by atoms with van der Waals surface area (Å²) in [5.41, 5.74) is 1.74. The second-order valence-corrected chi connectivity index (χ2v) is 5.83. The van der Waals surface area contributed by atoms with Crippen molar-refractivity contribution in [1.29, 1.82) is 0 Å². The first-order valence-corrected chi connectivity index (χ1v) is 7.66. The van der Waals surface area contributed by atoms with Crippen molar-refractivity contribution in [3.05, 3.63) is 41.2 Å². The van der Waals surface area contributed by atoms with Crippen LogP contribution in [0.25, 0.3) is 11.0 Å². The zero-order chi connectivity index (χ0) is 16.4. The molecule has 1 N–H and O–H groups in total. The third kappa shape index (κ3) is 3.07. The van der Waals surface area contributed by atoms with E-state index in [0.717, 1.165) is 28.2 Å². The number of carbonyl (C=O) groups is 2. The number of rotatable bonds is 4. The number of hydrogen-bond donors (Lipinski definition) is 1. The number of para-hydroxylation sites is 2. The van der Waals surface area contributed by atoms with Gasteiger partial charge in [-0.15, -0.1) is 0 Å². The van der Waals surface area contributed by atoms with E-state index in [1.165, 1.54) is 13.3 Å². The van der Waals surface area contributed by atoms with Crippen LogP contribution >= 0.6 is 11.3 Å². The fraction of sp³-hybridized carbons (Fsp3) is 0.200. The Morgan fingerprint density at radius 3 is 2.91 bits per heavy atom. The molecule has 0 saturated heterocycles. The Bertz CT molecular complexity index is 884. The van der Waals surface area contributed by atoms with Crippen LogP contribution in [0.1, 0.15) is 15.5 Å². The second-order valence-electron chi connectivity index (χ2n) is 4.80. The van der Waals surface area contributed by atoms with Crippen molar-refractivity contribution >= 4 is 39.4 Å². The Kier molecular flexibility index (Phi) is 4.07. The summed E-state index contributed by atoms with van der Waals surface area (Å²) < 4.78 is 6.44. The molecule has 118 valence electrons.